The van der Waals surface area contributed by atoms with Gasteiger partial charge in [0, 0.05) is 43.5 Å². The minimum Gasteiger partial charge on any atom is -0.365 e. The Morgan fingerprint density at radius 2 is 2.03 bits per heavy atom. The smallest absolute Gasteiger partial charge is 0.269 e. The number of fused-ring (bicyclic) bond motifs is 3. The number of nitro groups is 1. The van der Waals surface area contributed by atoms with Crippen molar-refractivity contribution in [2.45, 2.75) is 38.8 Å². The molecule has 31 heavy (non-hydrogen) atoms. The number of halogens is 1. The van der Waals surface area contributed by atoms with E-state index in [0.717, 1.165) is 17.7 Å². The number of hydrogen-bond acceptors (Lipinski definition) is 5. The Labute approximate surface area is 181 Å². The van der Waals surface area contributed by atoms with Crippen LogP contribution in [0.4, 0.5) is 21.5 Å². The fourth-order valence-corrected chi connectivity index (χ4v) is 4.60. The van der Waals surface area contributed by atoms with E-state index in [1.54, 1.807) is 24.3 Å². The fraction of sp³-hybridized carbons (Fsp3) is 0.435. The van der Waals surface area contributed by atoms with Crippen LogP contribution < -0.4 is 15.1 Å². The highest BCUT2D eigenvalue weighted by atomic mass is 19.1. The minimum absolute atomic E-state index is 0.0308. The molecule has 8 heteroatoms. The van der Waals surface area contributed by atoms with Crippen LogP contribution in [-0.4, -0.2) is 42.5 Å². The summed E-state index contributed by atoms with van der Waals surface area (Å²) in [6.45, 7) is 5.70. The van der Waals surface area contributed by atoms with Crippen LogP contribution in [0.2, 0.25) is 0 Å². The molecule has 3 atom stereocenters. The van der Waals surface area contributed by atoms with Gasteiger partial charge in [-0.1, -0.05) is 19.1 Å². The lowest BCUT2D eigenvalue weighted by Gasteiger charge is -2.49. The molecule has 0 bridgehead atoms. The molecule has 0 aliphatic carbocycles. The van der Waals surface area contributed by atoms with Gasteiger partial charge < -0.3 is 15.1 Å². The van der Waals surface area contributed by atoms with Crippen LogP contribution in [0.15, 0.2) is 42.5 Å². The lowest BCUT2D eigenvalue weighted by molar-refractivity contribution is -0.384. The summed E-state index contributed by atoms with van der Waals surface area (Å²) in [6, 6.07) is 11.5. The second-order valence-electron chi connectivity index (χ2n) is 8.36. The van der Waals surface area contributed by atoms with Crippen molar-refractivity contribution in [3.63, 3.8) is 0 Å². The molecule has 0 unspecified atom stereocenters. The Bertz CT molecular complexity index is 999. The van der Waals surface area contributed by atoms with Crippen LogP contribution in [0.1, 0.15) is 25.8 Å². The summed E-state index contributed by atoms with van der Waals surface area (Å²) in [4.78, 5) is 28.2. The summed E-state index contributed by atoms with van der Waals surface area (Å²) < 4.78 is 14.4. The highest BCUT2D eigenvalue weighted by Gasteiger charge is 2.42. The Kier molecular flexibility index (Phi) is 5.80. The van der Waals surface area contributed by atoms with Crippen LogP contribution in [0.5, 0.6) is 0 Å². The third-order valence-corrected chi connectivity index (χ3v) is 6.44. The van der Waals surface area contributed by atoms with Gasteiger partial charge in [0.2, 0.25) is 5.91 Å². The Morgan fingerprint density at radius 3 is 2.74 bits per heavy atom. The predicted octanol–water partition coefficient (Wildman–Crippen LogP) is 3.52. The molecule has 1 saturated heterocycles. The number of para-hydroxylation sites is 1. The molecule has 1 N–H and O–H groups in total. The number of rotatable bonds is 5. The number of nitrogens with zero attached hydrogens (tertiary/aromatic N) is 3. The SMILES string of the molecule is CC[C@H](C)NC(=O)[C@H]1Cc2cc([N+](=O)[O-])ccc2N2CCN(c3ccccc3F)C[C@H]12. The molecule has 2 aromatic rings. The molecule has 164 valence electrons. The van der Waals surface area contributed by atoms with Gasteiger partial charge in [0.1, 0.15) is 5.82 Å². The summed E-state index contributed by atoms with van der Waals surface area (Å²) in [5, 5.41) is 14.3. The largest absolute Gasteiger partial charge is 0.365 e. The van der Waals surface area contributed by atoms with Crippen molar-refractivity contribution in [3.05, 3.63) is 64.0 Å². The van der Waals surface area contributed by atoms with Crippen molar-refractivity contribution >= 4 is 23.0 Å². The van der Waals surface area contributed by atoms with Crippen LogP contribution in [0.3, 0.4) is 0 Å². The van der Waals surface area contributed by atoms with Gasteiger partial charge in [-0.05, 0) is 43.5 Å². The minimum atomic E-state index is -0.406. The van der Waals surface area contributed by atoms with Crippen molar-refractivity contribution in [1.82, 2.24) is 5.32 Å². The molecule has 7 nitrogen and oxygen atoms in total. The number of carbonyl (C=O) groups excluding carboxylic acids is 1. The molecule has 2 aliphatic rings. The monoisotopic (exact) mass is 426 g/mol. The van der Waals surface area contributed by atoms with Crippen LogP contribution in [-0.2, 0) is 11.2 Å². The zero-order valence-electron chi connectivity index (χ0n) is 17.8. The van der Waals surface area contributed by atoms with Gasteiger partial charge >= 0.3 is 0 Å². The van der Waals surface area contributed by atoms with Gasteiger partial charge in [-0.25, -0.2) is 4.39 Å². The number of anilines is 2. The molecular weight excluding hydrogens is 399 g/mol. The molecule has 1 amide bonds. The standard InChI is InChI=1S/C23H27FN4O3/c1-3-15(2)25-23(29)18-13-16-12-17(28(30)31)8-9-20(16)27-11-10-26(14-22(18)27)21-7-5-4-6-19(21)24/h4-9,12,15,18,22H,3,10-11,13-14H2,1-2H3,(H,25,29)/t15-,18-,22+/m0/s1. The Morgan fingerprint density at radius 1 is 1.26 bits per heavy atom. The summed E-state index contributed by atoms with van der Waals surface area (Å²) in [5.74, 6) is -0.710. The number of nitro benzene ring substituents is 1. The van der Waals surface area contributed by atoms with Crippen LogP contribution >= 0.6 is 0 Å². The van der Waals surface area contributed by atoms with E-state index in [1.807, 2.05) is 24.8 Å². The van der Waals surface area contributed by atoms with E-state index >= 15 is 0 Å². The van der Waals surface area contributed by atoms with Crippen LogP contribution in [0.25, 0.3) is 0 Å². The van der Waals surface area contributed by atoms with Gasteiger partial charge in [0.25, 0.3) is 5.69 Å². The van der Waals surface area contributed by atoms with Crippen LogP contribution in [0, 0.1) is 21.8 Å². The molecule has 0 radical (unpaired) electrons. The van der Waals surface area contributed by atoms with E-state index in [4.69, 9.17) is 0 Å². The third kappa shape index (κ3) is 4.06. The molecular formula is C23H27FN4O3. The van der Waals surface area contributed by atoms with Gasteiger partial charge in [0.15, 0.2) is 0 Å². The second-order valence-corrected chi connectivity index (χ2v) is 8.36. The maximum absolute atomic E-state index is 14.4. The molecule has 0 spiro atoms. The van der Waals surface area contributed by atoms with Crippen molar-refractivity contribution in [2.24, 2.45) is 5.92 Å². The Hall–Kier alpha value is -3.16. The number of piperazine rings is 1. The summed E-state index contributed by atoms with van der Waals surface area (Å²) in [5.41, 5.74) is 2.31. The third-order valence-electron chi connectivity index (χ3n) is 6.44. The molecule has 2 aliphatic heterocycles. The quantitative estimate of drug-likeness (QED) is 0.585. The first-order chi connectivity index (χ1) is 14.9. The van der Waals surface area contributed by atoms with E-state index in [-0.39, 0.29) is 35.4 Å². The molecule has 0 aromatic heterocycles. The van der Waals surface area contributed by atoms with Crippen molar-refractivity contribution in [1.29, 1.82) is 0 Å². The number of benzene rings is 2. The predicted molar refractivity (Wildman–Crippen MR) is 118 cm³/mol. The van der Waals surface area contributed by atoms with E-state index < -0.39 is 4.92 Å². The average Bonchev–Trinajstić information content (AvgIpc) is 2.77. The topological polar surface area (TPSA) is 78.7 Å². The van der Waals surface area contributed by atoms with Crippen molar-refractivity contribution in [3.8, 4) is 0 Å². The highest BCUT2D eigenvalue weighted by Crippen LogP contribution is 2.39. The summed E-state index contributed by atoms with van der Waals surface area (Å²) in [7, 11) is 0. The summed E-state index contributed by atoms with van der Waals surface area (Å²) >= 11 is 0. The van der Waals surface area contributed by atoms with Gasteiger partial charge in [-0.2, -0.15) is 0 Å². The fourth-order valence-electron chi connectivity index (χ4n) is 4.60. The average molecular weight is 426 g/mol. The first-order valence-electron chi connectivity index (χ1n) is 10.7. The van der Waals surface area contributed by atoms with E-state index in [2.05, 4.69) is 10.2 Å². The lowest BCUT2D eigenvalue weighted by atomic mass is 9.83. The van der Waals surface area contributed by atoms with E-state index in [9.17, 15) is 19.3 Å². The Balaban J connectivity index is 1.69. The molecule has 0 saturated carbocycles. The summed E-state index contributed by atoms with van der Waals surface area (Å²) in [6.07, 6.45) is 1.24. The number of nitrogens with one attached hydrogen (secondary N) is 1. The highest BCUT2D eigenvalue weighted by molar-refractivity contribution is 5.82. The van der Waals surface area contributed by atoms with E-state index in [0.29, 0.717) is 31.7 Å². The number of carbonyl (C=O) groups is 1. The lowest BCUT2D eigenvalue weighted by Crippen LogP contribution is -2.61. The maximum Gasteiger partial charge on any atom is 0.269 e. The van der Waals surface area contributed by atoms with Gasteiger partial charge in [-0.3, -0.25) is 14.9 Å². The molecule has 2 heterocycles. The zero-order valence-corrected chi connectivity index (χ0v) is 17.8. The van der Waals surface area contributed by atoms with Gasteiger partial charge in [0.05, 0.1) is 22.6 Å². The number of amides is 1. The molecule has 4 rings (SSSR count). The molecule has 1 fully saturated rings. The second kappa shape index (κ2) is 8.53. The van der Waals surface area contributed by atoms with Crippen molar-refractivity contribution in [2.75, 3.05) is 29.4 Å². The first-order valence-corrected chi connectivity index (χ1v) is 10.7. The normalized spacial score (nSPS) is 21.1. The first kappa shape index (κ1) is 21.1. The van der Waals surface area contributed by atoms with E-state index in [1.165, 1.54) is 12.1 Å². The number of non-ortho nitro benzene ring substituents is 1. The van der Waals surface area contributed by atoms with Gasteiger partial charge in [-0.15, -0.1) is 0 Å². The molecule has 2 aromatic carbocycles. The number of hydrogen-bond donors (Lipinski definition) is 1. The maximum atomic E-state index is 14.4. The zero-order chi connectivity index (χ0) is 22.1. The van der Waals surface area contributed by atoms with Crippen molar-refractivity contribution < 1.29 is 14.1 Å².